The van der Waals surface area contributed by atoms with E-state index in [4.69, 9.17) is 15.1 Å². The molecule has 4 rings (SSSR count). The number of benzene rings is 1. The molecule has 0 saturated heterocycles. The Hall–Kier alpha value is -5.12. The zero-order valence-electron chi connectivity index (χ0n) is 19.7. The van der Waals surface area contributed by atoms with Crippen LogP contribution in [-0.4, -0.2) is 39.6 Å². The number of anilines is 1. The van der Waals surface area contributed by atoms with Gasteiger partial charge in [-0.15, -0.1) is 0 Å². The van der Waals surface area contributed by atoms with E-state index in [1.54, 1.807) is 70.9 Å². The second kappa shape index (κ2) is 11.3. The van der Waals surface area contributed by atoms with Crippen molar-refractivity contribution in [2.45, 2.75) is 18.6 Å². The Morgan fingerprint density at radius 1 is 1.24 bits per heavy atom. The number of carbonyl (C=O) groups is 1. The highest BCUT2D eigenvalue weighted by atomic mass is 19.4. The van der Waals surface area contributed by atoms with E-state index in [9.17, 15) is 18.0 Å². The lowest BCUT2D eigenvalue weighted by atomic mass is 10.1. The number of nitrogens with zero attached hydrogens (tertiary/aromatic N) is 4. The second-order valence-electron chi connectivity index (χ2n) is 8.00. The van der Waals surface area contributed by atoms with Crippen molar-refractivity contribution in [1.82, 2.24) is 25.2 Å². The van der Waals surface area contributed by atoms with Crippen molar-refractivity contribution in [3.63, 3.8) is 0 Å². The summed E-state index contributed by atoms with van der Waals surface area (Å²) in [5.41, 5.74) is 3.06. The summed E-state index contributed by atoms with van der Waals surface area (Å²) in [5, 5.41) is 28.6. The third-order valence-electron chi connectivity index (χ3n) is 5.34. The number of furan rings is 1. The Kier molecular flexibility index (Phi) is 7.72. The van der Waals surface area contributed by atoms with Crippen molar-refractivity contribution in [1.29, 1.82) is 10.7 Å². The van der Waals surface area contributed by atoms with Gasteiger partial charge in [0.05, 0.1) is 42.9 Å². The van der Waals surface area contributed by atoms with Crippen LogP contribution >= 0.6 is 0 Å². The number of hydrogen-bond acceptors (Lipinski definition) is 7. The van der Waals surface area contributed by atoms with Crippen LogP contribution in [0.1, 0.15) is 23.8 Å². The van der Waals surface area contributed by atoms with Crippen LogP contribution in [-0.2, 0) is 0 Å². The fourth-order valence-electron chi connectivity index (χ4n) is 3.56. The number of urea groups is 1. The number of hydrogen-bond donors (Lipinski definition) is 4. The van der Waals surface area contributed by atoms with Crippen molar-refractivity contribution >= 4 is 29.2 Å². The molecule has 0 radical (unpaired) electrons. The Balaban J connectivity index is 1.53. The van der Waals surface area contributed by atoms with E-state index in [2.05, 4.69) is 26.8 Å². The van der Waals surface area contributed by atoms with E-state index in [0.717, 1.165) is 6.21 Å². The molecule has 2 amide bonds. The maximum Gasteiger partial charge on any atom is 0.405 e. The Morgan fingerprint density at radius 2 is 2.08 bits per heavy atom. The number of halogens is 3. The normalized spacial score (nSPS) is 12.5. The molecule has 0 fully saturated rings. The van der Waals surface area contributed by atoms with Gasteiger partial charge in [-0.3, -0.25) is 0 Å². The average molecular weight is 522 g/mol. The van der Waals surface area contributed by atoms with Crippen LogP contribution in [0.4, 0.5) is 23.7 Å². The minimum atomic E-state index is -4.51. The number of allylic oxidation sites excluding steroid dienone is 1. The quantitative estimate of drug-likeness (QED) is 0.230. The highest BCUT2D eigenvalue weighted by Gasteiger charge is 2.27. The number of carbonyl (C=O) groups excluding carboxylic acids is 1. The van der Waals surface area contributed by atoms with Gasteiger partial charge < -0.3 is 25.8 Å². The Morgan fingerprint density at radius 3 is 2.79 bits per heavy atom. The molecule has 1 atom stereocenters. The maximum atomic E-state index is 12.3. The first kappa shape index (κ1) is 26.0. The number of aromatic nitrogens is 3. The van der Waals surface area contributed by atoms with Crippen molar-refractivity contribution < 1.29 is 22.4 Å². The van der Waals surface area contributed by atoms with Crippen molar-refractivity contribution in [3.8, 4) is 17.3 Å². The van der Waals surface area contributed by atoms with E-state index in [1.807, 2.05) is 0 Å². The monoisotopic (exact) mass is 522 g/mol. The van der Waals surface area contributed by atoms with E-state index < -0.39 is 24.8 Å². The Bertz CT molecular complexity index is 1500. The summed E-state index contributed by atoms with van der Waals surface area (Å²) in [5.74, 6) is 0.591. The van der Waals surface area contributed by atoms with E-state index in [-0.39, 0.29) is 12.1 Å². The first-order valence-corrected chi connectivity index (χ1v) is 11.2. The minimum Gasteiger partial charge on any atom is -0.467 e. The lowest BCUT2D eigenvalue weighted by molar-refractivity contribution is -0.122. The standard InChI is InChI=1S/C25H21F3N8O2/c26-25(27,28)15-33-24(37)35-19-4-1-3-16(9-19)21-14-32-23-10-17(13-34-36(21)23)18(11-30)12-31-20(6-7-29)22-5-2-8-38-22/h1-5,8-14,20,30-31H,6,15H2,(H2,33,35,37)/b18-12+,30-11?. The molecule has 1 aromatic carbocycles. The van der Waals surface area contributed by atoms with Gasteiger partial charge in [0.25, 0.3) is 0 Å². The molecular weight excluding hydrogens is 501 g/mol. The molecule has 10 nitrogen and oxygen atoms in total. The molecule has 0 bridgehead atoms. The van der Waals surface area contributed by atoms with Crippen molar-refractivity contribution in [2.75, 3.05) is 11.9 Å². The fourth-order valence-corrected chi connectivity index (χ4v) is 3.56. The summed E-state index contributed by atoms with van der Waals surface area (Å²) in [6.07, 6.45) is 3.04. The predicted molar refractivity (Wildman–Crippen MR) is 133 cm³/mol. The zero-order valence-corrected chi connectivity index (χ0v) is 19.7. The van der Waals surface area contributed by atoms with Crippen LogP contribution in [0.3, 0.4) is 0 Å². The van der Waals surface area contributed by atoms with Gasteiger partial charge >= 0.3 is 12.2 Å². The smallest absolute Gasteiger partial charge is 0.405 e. The molecule has 1 unspecified atom stereocenters. The summed E-state index contributed by atoms with van der Waals surface area (Å²) in [6, 6.07) is 12.5. The van der Waals surface area contributed by atoms with E-state index >= 15 is 0 Å². The fraction of sp³-hybridized carbons (Fsp3) is 0.160. The van der Waals surface area contributed by atoms with Crippen LogP contribution in [0, 0.1) is 16.7 Å². The summed E-state index contributed by atoms with van der Waals surface area (Å²) in [6.45, 7) is -1.44. The van der Waals surface area contributed by atoms with Gasteiger partial charge in [0.2, 0.25) is 0 Å². The number of nitrogens with one attached hydrogen (secondary N) is 4. The van der Waals surface area contributed by atoms with Crippen molar-refractivity contribution in [2.24, 2.45) is 0 Å². The molecule has 4 aromatic rings. The first-order chi connectivity index (χ1) is 18.3. The van der Waals surface area contributed by atoms with Gasteiger partial charge in [-0.1, -0.05) is 12.1 Å². The van der Waals surface area contributed by atoms with Gasteiger partial charge in [-0.25, -0.2) is 14.3 Å². The van der Waals surface area contributed by atoms with Gasteiger partial charge in [0.15, 0.2) is 5.65 Å². The molecule has 13 heteroatoms. The van der Waals surface area contributed by atoms with Crippen LogP contribution in [0.2, 0.25) is 0 Å². The molecule has 3 aromatic heterocycles. The van der Waals surface area contributed by atoms with Gasteiger partial charge in [0.1, 0.15) is 12.3 Å². The molecule has 3 heterocycles. The number of fused-ring (bicyclic) bond motifs is 1. The van der Waals surface area contributed by atoms with E-state index in [0.29, 0.717) is 33.8 Å². The van der Waals surface area contributed by atoms with Crippen LogP contribution < -0.4 is 16.0 Å². The van der Waals surface area contributed by atoms with Crippen molar-refractivity contribution in [3.05, 3.63) is 78.6 Å². The lowest BCUT2D eigenvalue weighted by Crippen LogP contribution is -2.36. The molecular formula is C25H21F3N8O2. The molecule has 0 aliphatic heterocycles. The number of imidazole rings is 1. The first-order valence-electron chi connectivity index (χ1n) is 11.2. The van der Waals surface area contributed by atoms with Crippen LogP contribution in [0.5, 0.6) is 0 Å². The molecule has 38 heavy (non-hydrogen) atoms. The number of alkyl halides is 3. The summed E-state index contributed by atoms with van der Waals surface area (Å²) >= 11 is 0. The van der Waals surface area contributed by atoms with Gasteiger partial charge in [0, 0.05) is 34.8 Å². The van der Waals surface area contributed by atoms with Gasteiger partial charge in [-0.2, -0.15) is 23.5 Å². The summed E-state index contributed by atoms with van der Waals surface area (Å²) in [7, 11) is 0. The molecule has 0 aliphatic rings. The van der Waals surface area contributed by atoms with Gasteiger partial charge in [-0.05, 0) is 30.3 Å². The SMILES string of the molecule is N#CCC(N/C=C(\C=N)c1cnn2c(-c3cccc(NC(=O)NCC(F)(F)F)c3)cnc2c1)c1ccco1. The Labute approximate surface area is 214 Å². The predicted octanol–water partition coefficient (Wildman–Crippen LogP) is 4.91. The van der Waals surface area contributed by atoms with E-state index in [1.165, 1.54) is 6.26 Å². The molecule has 194 valence electrons. The third-order valence-corrected chi connectivity index (χ3v) is 5.34. The third kappa shape index (κ3) is 6.35. The maximum absolute atomic E-state index is 12.3. The zero-order chi connectivity index (χ0) is 27.1. The van der Waals surface area contributed by atoms with Crippen LogP contribution in [0.15, 0.2) is 71.7 Å². The average Bonchev–Trinajstić information content (AvgIpc) is 3.57. The summed E-state index contributed by atoms with van der Waals surface area (Å²) < 4.78 is 43.9. The molecule has 0 spiro atoms. The number of amides is 2. The minimum absolute atomic E-state index is 0.161. The molecule has 0 saturated carbocycles. The highest BCUT2D eigenvalue weighted by molar-refractivity contribution is 6.08. The summed E-state index contributed by atoms with van der Waals surface area (Å²) in [4.78, 5) is 16.2. The molecule has 0 aliphatic carbocycles. The topological polar surface area (TPSA) is 144 Å². The highest BCUT2D eigenvalue weighted by Crippen LogP contribution is 2.25. The largest absolute Gasteiger partial charge is 0.467 e. The molecule has 4 N–H and O–H groups in total. The number of rotatable bonds is 9. The lowest BCUT2D eigenvalue weighted by Gasteiger charge is -2.12. The second-order valence-corrected chi connectivity index (χ2v) is 8.00. The van der Waals surface area contributed by atoms with Crippen LogP contribution in [0.25, 0.3) is 22.5 Å². The number of nitriles is 1.